The van der Waals surface area contributed by atoms with Crippen LogP contribution in [0.5, 0.6) is 0 Å². The minimum absolute atomic E-state index is 0.0421. The van der Waals surface area contributed by atoms with E-state index in [-0.39, 0.29) is 17.3 Å². The fraction of sp³-hybridized carbons (Fsp3) is 0.667. The minimum Gasteiger partial charge on any atom is -0.233 e. The molecule has 2 aromatic heterocycles. The topological polar surface area (TPSA) is 67.6 Å². The maximum Gasteiger partial charge on any atom is 0.433 e. The first-order valence-electron chi connectivity index (χ1n) is 9.29. The Morgan fingerprint density at radius 2 is 1.75 bits per heavy atom. The molecule has 0 unspecified atom stereocenters. The second-order valence-corrected chi connectivity index (χ2v) is 10.4. The molecular weight excluding hydrogens is 393 g/mol. The predicted octanol–water partition coefficient (Wildman–Crippen LogP) is 3.57. The van der Waals surface area contributed by atoms with Crippen molar-refractivity contribution in [3.8, 4) is 0 Å². The van der Waals surface area contributed by atoms with Crippen LogP contribution in [0.1, 0.15) is 63.5 Å². The summed E-state index contributed by atoms with van der Waals surface area (Å²) in [7, 11) is -3.25. The maximum absolute atomic E-state index is 13.6. The van der Waals surface area contributed by atoms with Crippen molar-refractivity contribution < 1.29 is 21.6 Å². The largest absolute Gasteiger partial charge is 0.433 e. The van der Waals surface area contributed by atoms with Crippen LogP contribution in [-0.2, 0) is 21.6 Å². The van der Waals surface area contributed by atoms with Gasteiger partial charge in [0.2, 0.25) is 10.0 Å². The Hall–Kier alpha value is -1.68. The van der Waals surface area contributed by atoms with Gasteiger partial charge in [-0.3, -0.25) is 0 Å². The lowest BCUT2D eigenvalue weighted by Gasteiger charge is -2.30. The Morgan fingerprint density at radius 3 is 2.25 bits per heavy atom. The zero-order valence-electron chi connectivity index (χ0n) is 16.4. The summed E-state index contributed by atoms with van der Waals surface area (Å²) in [6.07, 6.45) is -3.50. The van der Waals surface area contributed by atoms with Crippen molar-refractivity contribution in [1.82, 2.24) is 18.9 Å². The quantitative estimate of drug-likeness (QED) is 0.764. The van der Waals surface area contributed by atoms with Gasteiger partial charge in [0, 0.05) is 30.5 Å². The van der Waals surface area contributed by atoms with E-state index in [0.29, 0.717) is 37.3 Å². The van der Waals surface area contributed by atoms with Crippen LogP contribution in [0.25, 0.3) is 5.65 Å². The molecule has 0 spiro atoms. The summed E-state index contributed by atoms with van der Waals surface area (Å²) < 4.78 is 67.1. The van der Waals surface area contributed by atoms with E-state index in [9.17, 15) is 21.6 Å². The van der Waals surface area contributed by atoms with Crippen molar-refractivity contribution >= 4 is 15.7 Å². The minimum atomic E-state index is -4.55. The second-order valence-electron chi connectivity index (χ2n) is 8.19. The van der Waals surface area contributed by atoms with Gasteiger partial charge >= 0.3 is 6.18 Å². The second kappa shape index (κ2) is 6.98. The average Bonchev–Trinajstić information content (AvgIpc) is 3.03. The molecular formula is C18H25F3N4O2S. The van der Waals surface area contributed by atoms with Gasteiger partial charge < -0.3 is 0 Å². The molecule has 0 aromatic carbocycles. The molecule has 0 radical (unpaired) electrons. The number of piperidine rings is 1. The zero-order valence-corrected chi connectivity index (χ0v) is 17.2. The highest BCUT2D eigenvalue weighted by molar-refractivity contribution is 7.89. The molecule has 0 amide bonds. The number of halogens is 3. The van der Waals surface area contributed by atoms with Crippen molar-refractivity contribution in [3.05, 3.63) is 29.2 Å². The van der Waals surface area contributed by atoms with Gasteiger partial charge in [-0.1, -0.05) is 20.8 Å². The van der Waals surface area contributed by atoms with Crippen LogP contribution in [0, 0.1) is 0 Å². The van der Waals surface area contributed by atoms with E-state index in [1.54, 1.807) is 13.0 Å². The first-order valence-corrected chi connectivity index (χ1v) is 10.9. The van der Waals surface area contributed by atoms with E-state index in [0.717, 1.165) is 10.6 Å². The molecule has 3 heterocycles. The summed E-state index contributed by atoms with van der Waals surface area (Å²) in [5.41, 5.74) is -0.343. The summed E-state index contributed by atoms with van der Waals surface area (Å²) in [4.78, 5) is 4.40. The van der Waals surface area contributed by atoms with E-state index >= 15 is 0 Å². The normalized spacial score (nSPS) is 18.1. The number of fused-ring (bicyclic) bond motifs is 1. The van der Waals surface area contributed by atoms with Crippen LogP contribution in [0.15, 0.2) is 12.1 Å². The number of aromatic nitrogens is 3. The summed E-state index contributed by atoms with van der Waals surface area (Å²) >= 11 is 0. The average molecular weight is 418 g/mol. The Morgan fingerprint density at radius 1 is 1.14 bits per heavy atom. The van der Waals surface area contributed by atoms with Gasteiger partial charge in [0.25, 0.3) is 0 Å². The number of nitrogens with zero attached hydrogens (tertiary/aromatic N) is 4. The summed E-state index contributed by atoms with van der Waals surface area (Å²) in [5, 5.41) is 4.20. The molecule has 10 heteroatoms. The molecule has 0 bridgehead atoms. The molecule has 3 rings (SSSR count). The number of hydrogen-bond donors (Lipinski definition) is 0. The highest BCUT2D eigenvalue weighted by Gasteiger charge is 2.37. The molecule has 1 aliphatic heterocycles. The fourth-order valence-corrected chi connectivity index (χ4v) is 4.52. The number of rotatable bonds is 3. The van der Waals surface area contributed by atoms with E-state index < -0.39 is 27.3 Å². The molecule has 0 aliphatic carbocycles. The highest BCUT2D eigenvalue weighted by Crippen LogP contribution is 2.34. The van der Waals surface area contributed by atoms with E-state index in [1.807, 2.05) is 20.8 Å². The molecule has 1 saturated heterocycles. The summed E-state index contributed by atoms with van der Waals surface area (Å²) in [5.74, 6) is -0.0512. The Labute approximate surface area is 162 Å². The molecule has 28 heavy (non-hydrogen) atoms. The zero-order chi connectivity index (χ0) is 20.9. The number of hydrogen-bond acceptors (Lipinski definition) is 4. The number of alkyl halides is 3. The molecule has 2 aromatic rings. The highest BCUT2D eigenvalue weighted by atomic mass is 32.2. The standard InChI is InChI=1S/C18H25F3N4O2S/c1-5-28(26,27)24-8-6-12(7-9-24)13-10-16-22-14(17(2,3)4)11-15(18(19,20)21)25(16)23-13/h10-12H,5-9H2,1-4H3. The lowest BCUT2D eigenvalue weighted by molar-refractivity contribution is -0.142. The van der Waals surface area contributed by atoms with Crippen molar-refractivity contribution in [3.63, 3.8) is 0 Å². The van der Waals surface area contributed by atoms with Crippen molar-refractivity contribution in [1.29, 1.82) is 0 Å². The molecule has 0 N–H and O–H groups in total. The lowest BCUT2D eigenvalue weighted by atomic mass is 9.91. The van der Waals surface area contributed by atoms with Crippen molar-refractivity contribution in [2.24, 2.45) is 0 Å². The Kier molecular flexibility index (Phi) is 5.24. The smallest absolute Gasteiger partial charge is 0.233 e. The van der Waals surface area contributed by atoms with Gasteiger partial charge in [-0.15, -0.1) is 0 Å². The summed E-state index contributed by atoms with van der Waals surface area (Å²) in [6, 6.07) is 2.65. The van der Waals surface area contributed by atoms with Gasteiger partial charge in [0.05, 0.1) is 17.1 Å². The fourth-order valence-electron chi connectivity index (χ4n) is 3.39. The molecule has 6 nitrogen and oxygen atoms in total. The molecule has 1 fully saturated rings. The van der Waals surface area contributed by atoms with Gasteiger partial charge in [-0.2, -0.15) is 18.3 Å². The van der Waals surface area contributed by atoms with Gasteiger partial charge in [0.15, 0.2) is 5.65 Å². The van der Waals surface area contributed by atoms with Crippen LogP contribution in [0.3, 0.4) is 0 Å². The Balaban J connectivity index is 1.97. The van der Waals surface area contributed by atoms with Gasteiger partial charge in [-0.25, -0.2) is 22.2 Å². The van der Waals surface area contributed by atoms with E-state index in [4.69, 9.17) is 0 Å². The molecule has 0 saturated carbocycles. The third-order valence-corrected chi connectivity index (χ3v) is 7.02. The molecule has 1 aliphatic rings. The van der Waals surface area contributed by atoms with Gasteiger partial charge in [-0.05, 0) is 25.8 Å². The maximum atomic E-state index is 13.6. The summed E-state index contributed by atoms with van der Waals surface area (Å²) in [6.45, 7) is 7.73. The van der Waals surface area contributed by atoms with E-state index in [2.05, 4.69) is 10.1 Å². The Bertz CT molecular complexity index is 969. The first-order chi connectivity index (χ1) is 12.8. The van der Waals surface area contributed by atoms with E-state index in [1.165, 1.54) is 4.31 Å². The molecule has 0 atom stereocenters. The molecule has 156 valence electrons. The SMILES string of the molecule is CCS(=O)(=O)N1CCC(c2cc3nc(C(C)(C)C)cc(C(F)(F)F)n3n2)CC1. The van der Waals surface area contributed by atoms with Crippen LogP contribution < -0.4 is 0 Å². The third-order valence-electron chi connectivity index (χ3n) is 5.14. The van der Waals surface area contributed by atoms with Crippen LogP contribution >= 0.6 is 0 Å². The van der Waals surface area contributed by atoms with Gasteiger partial charge in [0.1, 0.15) is 5.69 Å². The van der Waals surface area contributed by atoms with Crippen LogP contribution in [-0.4, -0.2) is 46.2 Å². The predicted molar refractivity (Wildman–Crippen MR) is 99.7 cm³/mol. The number of sulfonamides is 1. The first kappa shape index (κ1) is 21.0. The third kappa shape index (κ3) is 4.03. The van der Waals surface area contributed by atoms with Crippen molar-refractivity contribution in [2.45, 2.75) is 58.0 Å². The van der Waals surface area contributed by atoms with Crippen LogP contribution in [0.4, 0.5) is 13.2 Å². The van der Waals surface area contributed by atoms with Crippen LogP contribution in [0.2, 0.25) is 0 Å². The monoisotopic (exact) mass is 418 g/mol. The van der Waals surface area contributed by atoms with Crippen molar-refractivity contribution in [2.75, 3.05) is 18.8 Å². The lowest BCUT2D eigenvalue weighted by Crippen LogP contribution is -2.38.